The molecule has 3 rings (SSSR count). The van der Waals surface area contributed by atoms with Gasteiger partial charge in [-0.15, -0.1) is 0 Å². The number of ether oxygens (including phenoxy) is 1. The first-order valence-corrected chi connectivity index (χ1v) is 6.80. The molecule has 8 heteroatoms. The van der Waals surface area contributed by atoms with Gasteiger partial charge in [0.1, 0.15) is 11.9 Å². The summed E-state index contributed by atoms with van der Waals surface area (Å²) in [5.74, 6) is -0.497. The highest BCUT2D eigenvalue weighted by Gasteiger charge is 2.47. The molecule has 2 aliphatic rings. The molecular weight excluding hydrogens is 289 g/mol. The van der Waals surface area contributed by atoms with Gasteiger partial charge in [-0.3, -0.25) is 4.90 Å². The fourth-order valence-corrected chi connectivity index (χ4v) is 2.58. The van der Waals surface area contributed by atoms with Gasteiger partial charge in [0.15, 0.2) is 0 Å². The van der Waals surface area contributed by atoms with Crippen LogP contribution in [0.25, 0.3) is 10.4 Å². The van der Waals surface area contributed by atoms with Gasteiger partial charge >= 0.3 is 6.09 Å². The van der Waals surface area contributed by atoms with Gasteiger partial charge in [0, 0.05) is 10.5 Å². The number of hydrogen-bond donors (Lipinski definition) is 0. The zero-order valence-electron chi connectivity index (χ0n) is 11.6. The highest BCUT2D eigenvalue weighted by molar-refractivity contribution is 5.89. The average molecular weight is 301 g/mol. The molecule has 7 nitrogen and oxygen atoms in total. The van der Waals surface area contributed by atoms with E-state index in [0.717, 1.165) is 0 Å². The molecule has 1 aromatic carbocycles. The molecule has 22 heavy (non-hydrogen) atoms. The third-order valence-corrected chi connectivity index (χ3v) is 3.97. The van der Waals surface area contributed by atoms with Gasteiger partial charge in [-0.25, -0.2) is 9.18 Å². The first kappa shape index (κ1) is 14.2. The van der Waals surface area contributed by atoms with Gasteiger partial charge in [-0.1, -0.05) is 11.2 Å². The van der Waals surface area contributed by atoms with E-state index in [9.17, 15) is 9.18 Å². The molecule has 1 saturated carbocycles. The van der Waals surface area contributed by atoms with Gasteiger partial charge in [0.05, 0.1) is 30.3 Å². The monoisotopic (exact) mass is 301 g/mol. The van der Waals surface area contributed by atoms with Crippen LogP contribution in [-0.4, -0.2) is 25.3 Å². The summed E-state index contributed by atoms with van der Waals surface area (Å²) in [6.45, 7) is 0.233. The number of rotatable bonds is 4. The summed E-state index contributed by atoms with van der Waals surface area (Å²) in [7, 11) is 0. The first-order chi connectivity index (χ1) is 10.6. The van der Waals surface area contributed by atoms with Crippen molar-refractivity contribution in [2.45, 2.75) is 24.4 Å². The van der Waals surface area contributed by atoms with Crippen molar-refractivity contribution in [3.63, 3.8) is 0 Å². The molecule has 0 aromatic heterocycles. The van der Waals surface area contributed by atoms with Crippen LogP contribution in [0.15, 0.2) is 23.3 Å². The number of halogens is 1. The molecule has 1 aromatic rings. The number of carbonyl (C=O) groups is 1. The lowest BCUT2D eigenvalue weighted by atomic mass is 9.97. The Morgan fingerprint density at radius 2 is 2.36 bits per heavy atom. The second kappa shape index (κ2) is 5.20. The van der Waals surface area contributed by atoms with E-state index in [1.54, 1.807) is 12.1 Å². The lowest BCUT2D eigenvalue weighted by Gasteiger charge is -2.15. The molecular formula is C14H12FN5O2. The molecule has 1 atom stereocenters. The van der Waals surface area contributed by atoms with Gasteiger partial charge in [-0.2, -0.15) is 5.26 Å². The SMILES string of the molecule is N#CC1(c2ccc(N3C[C@H](CN=[N+]=[N-])OC3=O)cc2F)CC1. The van der Waals surface area contributed by atoms with Crippen LogP contribution in [0.1, 0.15) is 18.4 Å². The van der Waals surface area contributed by atoms with E-state index in [1.165, 1.54) is 11.0 Å². The summed E-state index contributed by atoms with van der Waals surface area (Å²) in [5, 5.41) is 12.5. The van der Waals surface area contributed by atoms with Crippen molar-refractivity contribution >= 4 is 11.8 Å². The highest BCUT2D eigenvalue weighted by atomic mass is 19.1. The minimum absolute atomic E-state index is 0.0385. The zero-order chi connectivity index (χ0) is 15.7. The normalized spacial score (nSPS) is 21.7. The summed E-state index contributed by atoms with van der Waals surface area (Å²) in [6, 6.07) is 6.54. The molecule has 0 radical (unpaired) electrons. The van der Waals surface area contributed by atoms with Crippen LogP contribution >= 0.6 is 0 Å². The predicted molar refractivity (Wildman–Crippen MR) is 74.6 cm³/mol. The van der Waals surface area contributed by atoms with E-state index in [4.69, 9.17) is 15.5 Å². The molecule has 0 unspecified atom stereocenters. The number of nitrogens with zero attached hydrogens (tertiary/aromatic N) is 5. The summed E-state index contributed by atoms with van der Waals surface area (Å²) in [5.41, 5.74) is 8.30. The van der Waals surface area contributed by atoms with Gasteiger partial charge in [0.2, 0.25) is 0 Å². The smallest absolute Gasteiger partial charge is 0.414 e. The number of azide groups is 1. The Balaban J connectivity index is 1.81. The lowest BCUT2D eigenvalue weighted by molar-refractivity contribution is 0.145. The summed E-state index contributed by atoms with van der Waals surface area (Å²) in [6.07, 6.45) is 0.159. The Morgan fingerprint density at radius 3 is 2.95 bits per heavy atom. The van der Waals surface area contributed by atoms with Crippen LogP contribution in [0.5, 0.6) is 0 Å². The van der Waals surface area contributed by atoms with E-state index in [1.807, 2.05) is 0 Å². The number of cyclic esters (lactones) is 1. The Labute approximate surface area is 125 Å². The van der Waals surface area contributed by atoms with E-state index in [2.05, 4.69) is 16.1 Å². The molecule has 1 saturated heterocycles. The Morgan fingerprint density at radius 1 is 1.59 bits per heavy atom. The maximum atomic E-state index is 14.3. The van der Waals surface area contributed by atoms with Gasteiger partial charge < -0.3 is 4.74 Å². The van der Waals surface area contributed by atoms with E-state index in [-0.39, 0.29) is 13.1 Å². The van der Waals surface area contributed by atoms with Crippen molar-refractivity contribution in [2.24, 2.45) is 5.11 Å². The highest BCUT2D eigenvalue weighted by Crippen LogP contribution is 2.48. The van der Waals surface area contributed by atoms with E-state index < -0.39 is 23.4 Å². The van der Waals surface area contributed by atoms with Crippen molar-refractivity contribution in [3.05, 3.63) is 40.0 Å². The number of anilines is 1. The van der Waals surface area contributed by atoms with Crippen LogP contribution in [0.4, 0.5) is 14.9 Å². The van der Waals surface area contributed by atoms with E-state index >= 15 is 0 Å². The second-order valence-corrected chi connectivity index (χ2v) is 5.39. The molecule has 0 N–H and O–H groups in total. The molecule has 1 aliphatic carbocycles. The number of nitriles is 1. The third-order valence-electron chi connectivity index (χ3n) is 3.97. The topological polar surface area (TPSA) is 102 Å². The van der Waals surface area contributed by atoms with Crippen LogP contribution in [0.3, 0.4) is 0 Å². The van der Waals surface area contributed by atoms with Crippen LogP contribution < -0.4 is 4.90 Å². The van der Waals surface area contributed by atoms with Crippen LogP contribution in [0, 0.1) is 17.1 Å². The molecule has 0 spiro atoms. The van der Waals surface area contributed by atoms with Crippen molar-refractivity contribution < 1.29 is 13.9 Å². The maximum Gasteiger partial charge on any atom is 0.414 e. The van der Waals surface area contributed by atoms with E-state index in [0.29, 0.717) is 24.1 Å². The van der Waals surface area contributed by atoms with Crippen molar-refractivity contribution in [3.8, 4) is 6.07 Å². The fourth-order valence-electron chi connectivity index (χ4n) is 2.58. The second-order valence-electron chi connectivity index (χ2n) is 5.39. The van der Waals surface area contributed by atoms with Crippen LogP contribution in [-0.2, 0) is 10.2 Å². The fraction of sp³-hybridized carbons (Fsp3) is 0.429. The Kier molecular flexibility index (Phi) is 3.35. The average Bonchev–Trinajstić information content (AvgIpc) is 3.22. The zero-order valence-corrected chi connectivity index (χ0v) is 11.6. The third kappa shape index (κ3) is 2.32. The number of hydrogen-bond acceptors (Lipinski definition) is 4. The molecule has 1 amide bonds. The van der Waals surface area contributed by atoms with Crippen LogP contribution in [0.2, 0.25) is 0 Å². The number of benzene rings is 1. The lowest BCUT2D eigenvalue weighted by Crippen LogP contribution is -2.25. The van der Waals surface area contributed by atoms with Crippen molar-refractivity contribution in [2.75, 3.05) is 18.0 Å². The molecule has 112 valence electrons. The standard InChI is InChI=1S/C14H12FN5O2/c15-12-5-9(1-2-11(12)14(8-16)3-4-14)20-7-10(6-18-19-17)22-13(20)21/h1-2,5,10H,3-4,6-7H2/t10-/m0/s1. The summed E-state index contributed by atoms with van der Waals surface area (Å²) < 4.78 is 19.3. The van der Waals surface area contributed by atoms with Crippen molar-refractivity contribution in [1.29, 1.82) is 5.26 Å². The predicted octanol–water partition coefficient (Wildman–Crippen LogP) is 3.02. The largest absolute Gasteiger partial charge is 0.444 e. The van der Waals surface area contributed by atoms with Gasteiger partial charge in [-0.05, 0) is 30.5 Å². The maximum absolute atomic E-state index is 14.3. The molecule has 2 fully saturated rings. The molecule has 0 bridgehead atoms. The minimum atomic E-state index is -0.710. The number of amides is 1. The molecule has 1 aliphatic heterocycles. The number of carbonyl (C=O) groups excluding carboxylic acids is 1. The van der Waals surface area contributed by atoms with Crippen molar-refractivity contribution in [1.82, 2.24) is 0 Å². The quantitative estimate of drug-likeness (QED) is 0.485. The Hall–Kier alpha value is -2.78. The summed E-state index contributed by atoms with van der Waals surface area (Å²) >= 11 is 0. The Bertz CT molecular complexity index is 718. The summed E-state index contributed by atoms with van der Waals surface area (Å²) in [4.78, 5) is 15.7. The first-order valence-electron chi connectivity index (χ1n) is 6.80. The molecule has 1 heterocycles. The van der Waals surface area contributed by atoms with Gasteiger partial charge in [0.25, 0.3) is 0 Å². The minimum Gasteiger partial charge on any atom is -0.444 e.